The fraction of sp³-hybridized carbons (Fsp3) is 0.214. The molecular formula is C28H28N4O2. The molecule has 1 aliphatic heterocycles. The average molecular weight is 453 g/mol. The van der Waals surface area contributed by atoms with Gasteiger partial charge in [0.1, 0.15) is 17.2 Å². The van der Waals surface area contributed by atoms with Gasteiger partial charge in [-0.25, -0.2) is 0 Å². The van der Waals surface area contributed by atoms with E-state index in [-0.39, 0.29) is 11.8 Å². The van der Waals surface area contributed by atoms with Gasteiger partial charge in [-0.3, -0.25) is 9.48 Å². The lowest BCUT2D eigenvalue weighted by Gasteiger charge is -2.31. The molecule has 172 valence electrons. The van der Waals surface area contributed by atoms with Gasteiger partial charge in [0.25, 0.3) is 5.91 Å². The molecule has 0 spiro atoms. The molecule has 3 aromatic carbocycles. The second-order valence-electron chi connectivity index (χ2n) is 8.76. The lowest BCUT2D eigenvalue weighted by Crippen LogP contribution is -2.26. The highest BCUT2D eigenvalue weighted by Gasteiger charge is 2.35. The number of nitrogen functional groups attached to an aromatic ring is 1. The Balaban J connectivity index is 1.51. The minimum absolute atomic E-state index is 0.169. The van der Waals surface area contributed by atoms with Crippen LogP contribution in [0.2, 0.25) is 0 Å². The van der Waals surface area contributed by atoms with Crippen LogP contribution in [-0.2, 0) is 6.54 Å². The van der Waals surface area contributed by atoms with Crippen LogP contribution in [-0.4, -0.2) is 15.7 Å². The van der Waals surface area contributed by atoms with Crippen molar-refractivity contribution in [2.24, 2.45) is 5.73 Å². The summed E-state index contributed by atoms with van der Waals surface area (Å²) in [5, 5.41) is 4.89. The van der Waals surface area contributed by atoms with Crippen LogP contribution in [0.5, 0.6) is 11.5 Å². The van der Waals surface area contributed by atoms with E-state index in [1.807, 2.05) is 77.5 Å². The normalized spacial score (nSPS) is 17.2. The minimum Gasteiger partial charge on any atom is -0.457 e. The smallest absolute Gasteiger partial charge is 0.252 e. The van der Waals surface area contributed by atoms with E-state index in [4.69, 9.17) is 21.3 Å². The zero-order valence-corrected chi connectivity index (χ0v) is 19.1. The van der Waals surface area contributed by atoms with Crippen molar-refractivity contribution in [2.45, 2.75) is 38.1 Å². The molecule has 0 aliphatic carbocycles. The Morgan fingerprint density at radius 1 is 1.00 bits per heavy atom. The Morgan fingerprint density at radius 3 is 2.35 bits per heavy atom. The number of nitrogens with zero attached hydrogens (tertiary/aromatic N) is 2. The quantitative estimate of drug-likeness (QED) is 0.367. The van der Waals surface area contributed by atoms with E-state index in [0.717, 1.165) is 41.1 Å². The van der Waals surface area contributed by atoms with Crippen LogP contribution >= 0.6 is 0 Å². The van der Waals surface area contributed by atoms with Gasteiger partial charge >= 0.3 is 0 Å². The Hall–Kier alpha value is -4.06. The lowest BCUT2D eigenvalue weighted by atomic mass is 9.81. The van der Waals surface area contributed by atoms with Crippen molar-refractivity contribution < 1.29 is 9.53 Å². The lowest BCUT2D eigenvalue weighted by molar-refractivity contribution is 0.0998. The summed E-state index contributed by atoms with van der Waals surface area (Å²) < 4.78 is 7.88. The number of carbonyl (C=O) groups excluding carboxylic acids is 1. The highest BCUT2D eigenvalue weighted by atomic mass is 16.5. The van der Waals surface area contributed by atoms with Gasteiger partial charge in [0.15, 0.2) is 0 Å². The number of aromatic nitrogens is 2. The first kappa shape index (κ1) is 21.8. The average Bonchev–Trinajstić information content (AvgIpc) is 3.25. The molecule has 5 rings (SSSR count). The molecule has 1 aromatic heterocycles. The second-order valence-corrected chi connectivity index (χ2v) is 8.76. The topological polar surface area (TPSA) is 96.2 Å². The molecule has 0 radical (unpaired) electrons. The van der Waals surface area contributed by atoms with Gasteiger partial charge in [0.05, 0.1) is 11.3 Å². The van der Waals surface area contributed by atoms with Crippen LogP contribution in [0.3, 0.4) is 0 Å². The van der Waals surface area contributed by atoms with Crippen LogP contribution in [0, 0.1) is 0 Å². The summed E-state index contributed by atoms with van der Waals surface area (Å²) in [6.45, 7) is 2.80. The second kappa shape index (κ2) is 9.06. The van der Waals surface area contributed by atoms with Crippen molar-refractivity contribution in [3.63, 3.8) is 0 Å². The standard InChI is InChI=1S/C28H28N4O2/c1-2-18-16-20(23-10-6-7-11-24(23)29)17-32-27(18)25(28(30)33)26(31-32)19-12-14-22(15-13-19)34-21-8-4-3-5-9-21/h3-15,18,20H,2,16-17,29H2,1H3,(H2,30,33). The number of benzene rings is 3. The van der Waals surface area contributed by atoms with Gasteiger partial charge < -0.3 is 16.2 Å². The Morgan fingerprint density at radius 2 is 1.68 bits per heavy atom. The molecule has 34 heavy (non-hydrogen) atoms. The maximum Gasteiger partial charge on any atom is 0.252 e. The molecule has 0 saturated heterocycles. The maximum absolute atomic E-state index is 12.6. The first-order valence-electron chi connectivity index (χ1n) is 11.6. The largest absolute Gasteiger partial charge is 0.457 e. The summed E-state index contributed by atoms with van der Waals surface area (Å²) in [4.78, 5) is 12.6. The fourth-order valence-electron chi connectivity index (χ4n) is 4.99. The third-order valence-electron chi connectivity index (χ3n) is 6.62. The number of primary amides is 1. The first-order chi connectivity index (χ1) is 16.5. The molecule has 0 bridgehead atoms. The summed E-state index contributed by atoms with van der Waals surface area (Å²) in [7, 11) is 0. The van der Waals surface area contributed by atoms with E-state index >= 15 is 0 Å². The molecular weight excluding hydrogens is 424 g/mol. The van der Waals surface area contributed by atoms with Crippen molar-refractivity contribution in [3.05, 3.63) is 95.7 Å². The highest BCUT2D eigenvalue weighted by molar-refractivity contribution is 6.00. The van der Waals surface area contributed by atoms with Gasteiger partial charge in [-0.05, 0) is 60.9 Å². The van der Waals surface area contributed by atoms with E-state index in [1.165, 1.54) is 0 Å². The Labute approximate surface area is 199 Å². The molecule has 1 aliphatic rings. The summed E-state index contributed by atoms with van der Waals surface area (Å²) >= 11 is 0. The minimum atomic E-state index is -0.447. The van der Waals surface area contributed by atoms with E-state index in [1.54, 1.807) is 0 Å². The molecule has 6 nitrogen and oxygen atoms in total. The number of ether oxygens (including phenoxy) is 1. The molecule has 0 fully saturated rings. The number of rotatable bonds is 6. The van der Waals surface area contributed by atoms with E-state index in [9.17, 15) is 4.79 Å². The SMILES string of the molecule is CCC1CC(c2ccccc2N)Cn2nc(-c3ccc(Oc4ccccc4)cc3)c(C(N)=O)c21. The van der Waals surface area contributed by atoms with Crippen LogP contribution in [0.1, 0.15) is 53.2 Å². The zero-order chi connectivity index (χ0) is 23.7. The van der Waals surface area contributed by atoms with E-state index in [0.29, 0.717) is 23.6 Å². The Kier molecular flexibility index (Phi) is 5.80. The number of carbonyl (C=O) groups is 1. The number of anilines is 1. The number of fused-ring (bicyclic) bond motifs is 1. The van der Waals surface area contributed by atoms with Crippen molar-refractivity contribution in [2.75, 3.05) is 5.73 Å². The zero-order valence-electron chi connectivity index (χ0n) is 19.1. The third kappa shape index (κ3) is 4.03. The predicted molar refractivity (Wildman–Crippen MR) is 134 cm³/mol. The van der Waals surface area contributed by atoms with Crippen LogP contribution < -0.4 is 16.2 Å². The van der Waals surface area contributed by atoms with E-state index < -0.39 is 5.91 Å². The van der Waals surface area contributed by atoms with Gasteiger partial charge in [0, 0.05) is 29.6 Å². The number of amides is 1. The summed E-state index contributed by atoms with van der Waals surface area (Å²) in [5.41, 5.74) is 17.0. The molecule has 4 N–H and O–H groups in total. The van der Waals surface area contributed by atoms with Crippen LogP contribution in [0.4, 0.5) is 5.69 Å². The molecule has 0 saturated carbocycles. The molecule has 6 heteroatoms. The number of hydrogen-bond acceptors (Lipinski definition) is 4. The molecule has 2 heterocycles. The van der Waals surface area contributed by atoms with Gasteiger partial charge in [0.2, 0.25) is 0 Å². The predicted octanol–water partition coefficient (Wildman–Crippen LogP) is 5.70. The molecule has 2 atom stereocenters. The van der Waals surface area contributed by atoms with Crippen molar-refractivity contribution in [1.29, 1.82) is 0 Å². The highest BCUT2D eigenvalue weighted by Crippen LogP contribution is 2.43. The number of nitrogens with two attached hydrogens (primary N) is 2. The summed E-state index contributed by atoms with van der Waals surface area (Å²) in [6.07, 6.45) is 1.79. The van der Waals surface area contributed by atoms with Gasteiger partial charge in [-0.2, -0.15) is 5.10 Å². The summed E-state index contributed by atoms with van der Waals surface area (Å²) in [5.74, 6) is 1.43. The maximum atomic E-state index is 12.6. The van der Waals surface area contributed by atoms with Crippen molar-refractivity contribution in [3.8, 4) is 22.8 Å². The van der Waals surface area contributed by atoms with Gasteiger partial charge in [-0.15, -0.1) is 0 Å². The third-order valence-corrected chi connectivity index (χ3v) is 6.62. The molecule has 4 aromatic rings. The monoisotopic (exact) mass is 452 g/mol. The number of hydrogen-bond donors (Lipinski definition) is 2. The van der Waals surface area contributed by atoms with E-state index in [2.05, 4.69) is 13.0 Å². The fourth-order valence-corrected chi connectivity index (χ4v) is 4.99. The number of para-hydroxylation sites is 2. The van der Waals surface area contributed by atoms with Crippen molar-refractivity contribution in [1.82, 2.24) is 9.78 Å². The van der Waals surface area contributed by atoms with Crippen LogP contribution in [0.15, 0.2) is 78.9 Å². The van der Waals surface area contributed by atoms with Gasteiger partial charge in [-0.1, -0.05) is 43.3 Å². The first-order valence-corrected chi connectivity index (χ1v) is 11.6. The van der Waals surface area contributed by atoms with Crippen LogP contribution in [0.25, 0.3) is 11.3 Å². The summed E-state index contributed by atoms with van der Waals surface area (Å²) in [6, 6.07) is 25.2. The molecule has 1 amide bonds. The van der Waals surface area contributed by atoms with Crippen molar-refractivity contribution >= 4 is 11.6 Å². The molecule has 2 unspecified atom stereocenters. The Bertz CT molecular complexity index is 1310.